The lowest BCUT2D eigenvalue weighted by atomic mass is 9.88. The number of hydrogen-bond acceptors (Lipinski definition) is 4. The van der Waals surface area contributed by atoms with Crippen LogP contribution in [0.4, 0.5) is 4.39 Å². The summed E-state index contributed by atoms with van der Waals surface area (Å²) in [4.78, 5) is 11.4. The number of carbonyl (C=O) groups is 1. The lowest BCUT2D eigenvalue weighted by Gasteiger charge is -2.23. The minimum absolute atomic E-state index is 0.0160. The van der Waals surface area contributed by atoms with Gasteiger partial charge in [-0.15, -0.1) is 0 Å². The molecule has 1 aromatic carbocycles. The van der Waals surface area contributed by atoms with Gasteiger partial charge >= 0.3 is 0 Å². The molecule has 21 heavy (non-hydrogen) atoms. The molecule has 0 saturated carbocycles. The van der Waals surface area contributed by atoms with Gasteiger partial charge in [0.15, 0.2) is 12.6 Å². The molecular formula is C16H19FO4. The summed E-state index contributed by atoms with van der Waals surface area (Å²) in [5, 5.41) is 18.5. The van der Waals surface area contributed by atoms with E-state index in [9.17, 15) is 14.3 Å². The number of carbonyl (C=O) groups excluding carboxylic acids is 1. The number of hydrogen-bond donors (Lipinski definition) is 2. The van der Waals surface area contributed by atoms with E-state index in [4.69, 9.17) is 9.84 Å². The number of aromatic hydroxyl groups is 1. The Bertz CT molecular complexity index is 566. The lowest BCUT2D eigenvalue weighted by Crippen LogP contribution is -2.17. The van der Waals surface area contributed by atoms with Crippen molar-refractivity contribution in [3.63, 3.8) is 0 Å². The summed E-state index contributed by atoms with van der Waals surface area (Å²) in [5.74, 6) is 0.162. The lowest BCUT2D eigenvalue weighted by molar-refractivity contribution is -0.116. The van der Waals surface area contributed by atoms with E-state index < -0.39 is 6.79 Å². The zero-order chi connectivity index (χ0) is 15.4. The van der Waals surface area contributed by atoms with Gasteiger partial charge in [0.1, 0.15) is 17.3 Å². The second-order valence-electron chi connectivity index (χ2n) is 5.29. The van der Waals surface area contributed by atoms with Crippen molar-refractivity contribution in [3.05, 3.63) is 40.9 Å². The van der Waals surface area contributed by atoms with Crippen LogP contribution < -0.4 is 0 Å². The van der Waals surface area contributed by atoms with E-state index in [0.29, 0.717) is 42.6 Å². The Hall–Kier alpha value is -1.88. The Morgan fingerprint density at radius 2 is 2.19 bits per heavy atom. The smallest absolute Gasteiger partial charge is 0.185 e. The molecule has 0 saturated heterocycles. The molecule has 0 spiro atoms. The van der Waals surface area contributed by atoms with Crippen LogP contribution in [0.25, 0.3) is 0 Å². The van der Waals surface area contributed by atoms with Gasteiger partial charge in [-0.05, 0) is 49.4 Å². The Morgan fingerprint density at radius 1 is 1.43 bits per heavy atom. The highest BCUT2D eigenvalue weighted by Gasteiger charge is 2.23. The summed E-state index contributed by atoms with van der Waals surface area (Å²) in [6, 6.07) is 2.75. The van der Waals surface area contributed by atoms with E-state index in [1.807, 2.05) is 0 Å². The topological polar surface area (TPSA) is 66.8 Å². The molecular weight excluding hydrogens is 275 g/mol. The molecule has 0 aliphatic heterocycles. The van der Waals surface area contributed by atoms with Crippen molar-refractivity contribution in [1.29, 1.82) is 0 Å². The van der Waals surface area contributed by atoms with E-state index in [1.54, 1.807) is 6.92 Å². The molecule has 1 unspecified atom stereocenters. The van der Waals surface area contributed by atoms with Crippen LogP contribution in [0.5, 0.6) is 5.75 Å². The molecule has 0 bridgehead atoms. The average molecular weight is 294 g/mol. The summed E-state index contributed by atoms with van der Waals surface area (Å²) >= 11 is 0. The van der Waals surface area contributed by atoms with E-state index in [-0.39, 0.29) is 23.3 Å². The average Bonchev–Trinajstić information content (AvgIpc) is 2.43. The van der Waals surface area contributed by atoms with E-state index in [1.165, 1.54) is 18.2 Å². The molecule has 0 radical (unpaired) electrons. The first-order chi connectivity index (χ1) is 10.0. The third-order valence-corrected chi connectivity index (χ3v) is 3.80. The predicted molar refractivity (Wildman–Crippen MR) is 75.1 cm³/mol. The highest BCUT2D eigenvalue weighted by atomic mass is 19.1. The third-order valence-electron chi connectivity index (χ3n) is 3.80. The van der Waals surface area contributed by atoms with E-state index in [0.717, 1.165) is 0 Å². The normalized spacial score (nSPS) is 18.5. The van der Waals surface area contributed by atoms with Crippen LogP contribution in [0.3, 0.4) is 0 Å². The van der Waals surface area contributed by atoms with Crippen molar-refractivity contribution in [3.8, 4) is 5.75 Å². The Kier molecular flexibility index (Phi) is 4.96. The van der Waals surface area contributed by atoms with Crippen molar-refractivity contribution in [1.82, 2.24) is 0 Å². The Morgan fingerprint density at radius 3 is 2.90 bits per heavy atom. The first kappa shape index (κ1) is 15.5. The number of phenolic OH excluding ortho intramolecular Hbond substituents is 1. The molecule has 0 aromatic heterocycles. The standard InChI is InChI=1S/C16H19FO4/c1-10-6-14(17)12(7-15(10)20)3-2-11-4-5-13(19)8-16(11)21-9-18/h6-8,11,18,20H,2-5,9H2,1H3. The second kappa shape index (κ2) is 6.72. The molecule has 2 rings (SSSR count). The Balaban J connectivity index is 2.07. The maximum Gasteiger partial charge on any atom is 0.185 e. The highest BCUT2D eigenvalue weighted by Crippen LogP contribution is 2.30. The second-order valence-corrected chi connectivity index (χ2v) is 5.29. The molecule has 1 atom stereocenters. The van der Waals surface area contributed by atoms with E-state index >= 15 is 0 Å². The SMILES string of the molecule is Cc1cc(F)c(CCC2CCC(=O)C=C2OCO)cc1O. The van der Waals surface area contributed by atoms with Gasteiger partial charge in [0.05, 0.1) is 0 Å². The van der Waals surface area contributed by atoms with Crippen molar-refractivity contribution < 1.29 is 24.1 Å². The minimum Gasteiger partial charge on any atom is -0.508 e. The number of halogens is 1. The quantitative estimate of drug-likeness (QED) is 0.819. The number of benzene rings is 1. The number of ether oxygens (including phenoxy) is 1. The number of aliphatic hydroxyl groups is 1. The number of allylic oxidation sites excluding steroid dienone is 2. The first-order valence-electron chi connectivity index (χ1n) is 6.97. The van der Waals surface area contributed by atoms with Crippen LogP contribution in [-0.4, -0.2) is 22.8 Å². The Labute approximate surface area is 122 Å². The third kappa shape index (κ3) is 3.82. The van der Waals surface area contributed by atoms with Gasteiger partial charge in [0.25, 0.3) is 0 Å². The number of rotatable bonds is 5. The zero-order valence-corrected chi connectivity index (χ0v) is 11.9. The van der Waals surface area contributed by atoms with Crippen LogP contribution in [-0.2, 0) is 16.0 Å². The van der Waals surface area contributed by atoms with Gasteiger partial charge in [0, 0.05) is 18.4 Å². The van der Waals surface area contributed by atoms with E-state index in [2.05, 4.69) is 0 Å². The molecule has 114 valence electrons. The largest absolute Gasteiger partial charge is 0.508 e. The molecule has 1 aliphatic carbocycles. The van der Waals surface area contributed by atoms with Gasteiger partial charge < -0.3 is 14.9 Å². The molecule has 0 amide bonds. The van der Waals surface area contributed by atoms with Gasteiger partial charge in [-0.2, -0.15) is 0 Å². The van der Waals surface area contributed by atoms with Crippen molar-refractivity contribution >= 4 is 5.78 Å². The summed E-state index contributed by atoms with van der Waals surface area (Å²) in [7, 11) is 0. The fraction of sp³-hybridized carbons (Fsp3) is 0.438. The molecule has 1 aromatic rings. The maximum atomic E-state index is 13.8. The maximum absolute atomic E-state index is 13.8. The fourth-order valence-corrected chi connectivity index (χ4v) is 2.55. The van der Waals surface area contributed by atoms with Crippen LogP contribution in [0.2, 0.25) is 0 Å². The summed E-state index contributed by atoms with van der Waals surface area (Å²) < 4.78 is 18.9. The van der Waals surface area contributed by atoms with Gasteiger partial charge in [-0.1, -0.05) is 0 Å². The number of phenols is 1. The molecule has 1 aliphatic rings. The predicted octanol–water partition coefficient (Wildman–Crippen LogP) is 2.60. The minimum atomic E-state index is -0.477. The van der Waals surface area contributed by atoms with Gasteiger partial charge in [-0.25, -0.2) is 4.39 Å². The van der Waals surface area contributed by atoms with Crippen LogP contribution in [0.15, 0.2) is 24.0 Å². The van der Waals surface area contributed by atoms with Gasteiger partial charge in [0.2, 0.25) is 0 Å². The van der Waals surface area contributed by atoms with Crippen LogP contribution in [0.1, 0.15) is 30.4 Å². The summed E-state index contributed by atoms with van der Waals surface area (Å²) in [5.41, 5.74) is 0.946. The molecule has 2 N–H and O–H groups in total. The number of ketones is 1. The van der Waals surface area contributed by atoms with Crippen LogP contribution in [0, 0.1) is 18.7 Å². The van der Waals surface area contributed by atoms with Crippen molar-refractivity contribution in [2.45, 2.75) is 32.6 Å². The number of aliphatic hydroxyl groups excluding tert-OH is 1. The summed E-state index contributed by atoms with van der Waals surface area (Å²) in [6.45, 7) is 1.17. The number of aryl methyl sites for hydroxylation is 2. The van der Waals surface area contributed by atoms with Crippen molar-refractivity contribution in [2.24, 2.45) is 5.92 Å². The first-order valence-corrected chi connectivity index (χ1v) is 6.97. The monoisotopic (exact) mass is 294 g/mol. The van der Waals surface area contributed by atoms with Crippen LogP contribution >= 0.6 is 0 Å². The summed E-state index contributed by atoms with van der Waals surface area (Å²) in [6.07, 6.45) is 3.51. The highest BCUT2D eigenvalue weighted by molar-refractivity contribution is 5.90. The molecule has 0 heterocycles. The molecule has 4 nitrogen and oxygen atoms in total. The molecule has 0 fully saturated rings. The fourth-order valence-electron chi connectivity index (χ4n) is 2.55. The zero-order valence-electron chi connectivity index (χ0n) is 11.9. The van der Waals surface area contributed by atoms with Gasteiger partial charge in [-0.3, -0.25) is 4.79 Å². The van der Waals surface area contributed by atoms with Crippen molar-refractivity contribution in [2.75, 3.05) is 6.79 Å². The molecule has 5 heteroatoms.